The molecule has 25 heavy (non-hydrogen) atoms. The molecular weight excluding hydrogens is 348 g/mol. The van der Waals surface area contributed by atoms with E-state index in [9.17, 15) is 22.3 Å². The van der Waals surface area contributed by atoms with E-state index >= 15 is 0 Å². The SMILES string of the molecule is O=S(=O)(N[C@H]1CC[C@@H](O)CC1)c1ccc(-c2ccc(F)cc2F)cc1. The Bertz CT molecular complexity index is 845. The van der Waals surface area contributed by atoms with Crippen LogP contribution in [0.3, 0.4) is 0 Å². The maximum absolute atomic E-state index is 13.8. The highest BCUT2D eigenvalue weighted by molar-refractivity contribution is 7.89. The summed E-state index contributed by atoms with van der Waals surface area (Å²) in [7, 11) is -3.68. The van der Waals surface area contributed by atoms with Gasteiger partial charge in [0.05, 0.1) is 11.0 Å². The van der Waals surface area contributed by atoms with Gasteiger partial charge in [-0.15, -0.1) is 0 Å². The normalized spacial score (nSPS) is 21.2. The molecule has 0 amide bonds. The van der Waals surface area contributed by atoms with E-state index in [2.05, 4.69) is 4.72 Å². The number of halogens is 2. The third kappa shape index (κ3) is 4.23. The number of rotatable bonds is 4. The van der Waals surface area contributed by atoms with E-state index in [0.29, 0.717) is 31.2 Å². The third-order valence-corrected chi connectivity index (χ3v) is 5.96. The molecule has 1 saturated carbocycles. The minimum Gasteiger partial charge on any atom is -0.393 e. The van der Waals surface area contributed by atoms with Crippen LogP contribution >= 0.6 is 0 Å². The Hall–Kier alpha value is -1.83. The second-order valence-corrected chi connectivity index (χ2v) is 7.99. The molecule has 0 aromatic heterocycles. The fourth-order valence-electron chi connectivity index (χ4n) is 3.02. The van der Waals surface area contributed by atoms with Crippen LogP contribution in [0.25, 0.3) is 11.1 Å². The maximum Gasteiger partial charge on any atom is 0.240 e. The molecule has 2 N–H and O–H groups in total. The molecule has 0 radical (unpaired) electrons. The highest BCUT2D eigenvalue weighted by Gasteiger charge is 2.24. The summed E-state index contributed by atoms with van der Waals surface area (Å²) in [5, 5.41) is 9.49. The molecule has 3 rings (SSSR count). The van der Waals surface area contributed by atoms with Gasteiger partial charge < -0.3 is 5.11 Å². The van der Waals surface area contributed by atoms with Crippen LogP contribution in [0.1, 0.15) is 25.7 Å². The van der Waals surface area contributed by atoms with Gasteiger partial charge in [-0.1, -0.05) is 12.1 Å². The number of aliphatic hydroxyl groups excluding tert-OH is 1. The minimum absolute atomic E-state index is 0.0879. The van der Waals surface area contributed by atoms with Crippen molar-refractivity contribution in [3.63, 3.8) is 0 Å². The third-order valence-electron chi connectivity index (χ3n) is 4.43. The van der Waals surface area contributed by atoms with Gasteiger partial charge in [0.25, 0.3) is 0 Å². The molecule has 0 aliphatic heterocycles. The second kappa shape index (κ2) is 7.19. The zero-order chi connectivity index (χ0) is 18.0. The Kier molecular flexibility index (Phi) is 5.17. The van der Waals surface area contributed by atoms with Gasteiger partial charge in [0.2, 0.25) is 10.0 Å². The van der Waals surface area contributed by atoms with Crippen molar-refractivity contribution >= 4 is 10.0 Å². The van der Waals surface area contributed by atoms with Gasteiger partial charge in [-0.05, 0) is 55.5 Å². The van der Waals surface area contributed by atoms with Crippen LogP contribution in [0.15, 0.2) is 47.4 Å². The van der Waals surface area contributed by atoms with Crippen molar-refractivity contribution in [3.8, 4) is 11.1 Å². The lowest BCUT2D eigenvalue weighted by Crippen LogP contribution is -2.38. The standard InChI is InChI=1S/C18H19F2NO3S/c19-13-3-10-17(18(20)11-13)12-1-8-16(9-2-12)25(23,24)21-14-4-6-15(22)7-5-14/h1-3,8-11,14-15,21-22H,4-7H2/t14-,15+. The number of hydrogen-bond donors (Lipinski definition) is 2. The van der Waals surface area contributed by atoms with E-state index in [-0.39, 0.29) is 22.6 Å². The summed E-state index contributed by atoms with van der Waals surface area (Å²) in [4.78, 5) is 0.0879. The Labute approximate surface area is 145 Å². The Morgan fingerprint density at radius 1 is 0.960 bits per heavy atom. The summed E-state index contributed by atoms with van der Waals surface area (Å²) in [6.45, 7) is 0. The molecule has 2 aromatic rings. The summed E-state index contributed by atoms with van der Waals surface area (Å²) >= 11 is 0. The van der Waals surface area contributed by atoms with Crippen molar-refractivity contribution in [3.05, 3.63) is 54.1 Å². The van der Waals surface area contributed by atoms with Gasteiger partial charge in [-0.25, -0.2) is 21.9 Å². The molecule has 0 saturated heterocycles. The van der Waals surface area contributed by atoms with Gasteiger partial charge in [0.15, 0.2) is 0 Å². The predicted molar refractivity (Wildman–Crippen MR) is 90.4 cm³/mol. The van der Waals surface area contributed by atoms with E-state index in [1.165, 1.54) is 30.3 Å². The van der Waals surface area contributed by atoms with E-state index < -0.39 is 21.7 Å². The Morgan fingerprint density at radius 2 is 1.60 bits per heavy atom. The Morgan fingerprint density at radius 3 is 2.20 bits per heavy atom. The molecule has 134 valence electrons. The average molecular weight is 367 g/mol. The Balaban J connectivity index is 1.77. The zero-order valence-electron chi connectivity index (χ0n) is 13.5. The van der Waals surface area contributed by atoms with Gasteiger partial charge in [0, 0.05) is 17.7 Å². The monoisotopic (exact) mass is 367 g/mol. The molecule has 0 spiro atoms. The van der Waals surface area contributed by atoms with Crippen LogP contribution < -0.4 is 4.72 Å². The smallest absolute Gasteiger partial charge is 0.240 e. The minimum atomic E-state index is -3.68. The van der Waals surface area contributed by atoms with E-state index in [0.717, 1.165) is 12.1 Å². The lowest BCUT2D eigenvalue weighted by atomic mass is 9.94. The van der Waals surface area contributed by atoms with Gasteiger partial charge in [-0.3, -0.25) is 0 Å². The van der Waals surface area contributed by atoms with Crippen LogP contribution in [-0.2, 0) is 10.0 Å². The molecule has 4 nitrogen and oxygen atoms in total. The van der Waals surface area contributed by atoms with Crippen LogP contribution in [0, 0.1) is 11.6 Å². The topological polar surface area (TPSA) is 66.4 Å². The summed E-state index contributed by atoms with van der Waals surface area (Å²) < 4.78 is 54.3. The molecule has 1 fully saturated rings. The van der Waals surface area contributed by atoms with Gasteiger partial charge in [-0.2, -0.15) is 0 Å². The largest absolute Gasteiger partial charge is 0.393 e. The summed E-state index contributed by atoms with van der Waals surface area (Å²) in [5.41, 5.74) is 0.678. The van der Waals surface area contributed by atoms with Crippen LogP contribution in [0.2, 0.25) is 0 Å². The summed E-state index contributed by atoms with van der Waals surface area (Å²) in [6.07, 6.45) is 2.00. The van der Waals surface area contributed by atoms with Crippen LogP contribution in [0.4, 0.5) is 8.78 Å². The highest BCUT2D eigenvalue weighted by atomic mass is 32.2. The van der Waals surface area contributed by atoms with Crippen LogP contribution in [-0.4, -0.2) is 25.7 Å². The molecule has 2 aromatic carbocycles. The van der Waals surface area contributed by atoms with E-state index in [1.54, 1.807) is 0 Å². The highest BCUT2D eigenvalue weighted by Crippen LogP contribution is 2.25. The van der Waals surface area contributed by atoms with Gasteiger partial charge >= 0.3 is 0 Å². The zero-order valence-corrected chi connectivity index (χ0v) is 14.3. The first-order chi connectivity index (χ1) is 11.8. The molecule has 1 aliphatic carbocycles. The summed E-state index contributed by atoms with van der Waals surface area (Å²) in [5.74, 6) is -1.36. The lowest BCUT2D eigenvalue weighted by molar-refractivity contribution is 0.120. The van der Waals surface area contributed by atoms with Crippen molar-refractivity contribution in [1.29, 1.82) is 0 Å². The number of nitrogens with one attached hydrogen (secondary N) is 1. The van der Waals surface area contributed by atoms with Crippen molar-refractivity contribution < 1.29 is 22.3 Å². The van der Waals surface area contributed by atoms with E-state index in [1.807, 2.05) is 0 Å². The number of sulfonamides is 1. The average Bonchev–Trinajstić information content (AvgIpc) is 2.57. The lowest BCUT2D eigenvalue weighted by Gasteiger charge is -2.26. The molecule has 0 unspecified atom stereocenters. The molecule has 0 bridgehead atoms. The van der Waals surface area contributed by atoms with Crippen molar-refractivity contribution in [2.24, 2.45) is 0 Å². The van der Waals surface area contributed by atoms with Crippen molar-refractivity contribution in [2.45, 2.75) is 42.7 Å². The molecule has 1 aliphatic rings. The predicted octanol–water partition coefficient (Wildman–Crippen LogP) is 3.21. The number of hydrogen-bond acceptors (Lipinski definition) is 3. The maximum atomic E-state index is 13.8. The first-order valence-electron chi connectivity index (χ1n) is 8.11. The van der Waals surface area contributed by atoms with Crippen molar-refractivity contribution in [2.75, 3.05) is 0 Å². The van der Waals surface area contributed by atoms with Crippen molar-refractivity contribution in [1.82, 2.24) is 4.72 Å². The van der Waals surface area contributed by atoms with E-state index in [4.69, 9.17) is 0 Å². The fourth-order valence-corrected chi connectivity index (χ4v) is 4.32. The van der Waals surface area contributed by atoms with Gasteiger partial charge in [0.1, 0.15) is 11.6 Å². The van der Waals surface area contributed by atoms with Crippen LogP contribution in [0.5, 0.6) is 0 Å². The molecule has 0 atom stereocenters. The first kappa shape index (κ1) is 18.0. The quantitative estimate of drug-likeness (QED) is 0.872. The summed E-state index contributed by atoms with van der Waals surface area (Å²) in [6, 6.07) is 8.87. The fraction of sp³-hybridized carbons (Fsp3) is 0.333. The number of benzene rings is 2. The molecular formula is C18H19F2NO3S. The second-order valence-electron chi connectivity index (χ2n) is 6.28. The first-order valence-corrected chi connectivity index (χ1v) is 9.59. The molecule has 0 heterocycles. The number of aliphatic hydroxyl groups is 1. The molecule has 7 heteroatoms.